The Hall–Kier alpha value is -1.64. The normalized spacial score (nSPS) is 19.3. The van der Waals surface area contributed by atoms with E-state index in [1.807, 2.05) is 18.2 Å². The number of nitrogens with zero attached hydrogens (tertiary/aromatic N) is 2. The predicted octanol–water partition coefficient (Wildman–Crippen LogP) is 1.52. The summed E-state index contributed by atoms with van der Waals surface area (Å²) in [4.78, 5) is 6.79. The molecule has 2 aliphatic rings. The van der Waals surface area contributed by atoms with E-state index in [1.54, 1.807) is 0 Å². The van der Waals surface area contributed by atoms with Gasteiger partial charge in [0.05, 0.1) is 12.3 Å². The summed E-state index contributed by atoms with van der Waals surface area (Å²) in [5, 5.41) is 8.00. The summed E-state index contributed by atoms with van der Waals surface area (Å²) in [5.41, 5.74) is 2.90. The van der Waals surface area contributed by atoms with Crippen LogP contribution in [-0.4, -0.2) is 36.1 Å². The van der Waals surface area contributed by atoms with Crippen molar-refractivity contribution in [2.75, 3.05) is 19.6 Å². The zero-order valence-corrected chi connectivity index (χ0v) is 8.53. The van der Waals surface area contributed by atoms with Crippen molar-refractivity contribution in [2.24, 2.45) is 4.99 Å². The van der Waals surface area contributed by atoms with Crippen molar-refractivity contribution in [3.05, 3.63) is 35.4 Å². The van der Waals surface area contributed by atoms with Gasteiger partial charge in [0.25, 0.3) is 0 Å². The van der Waals surface area contributed by atoms with Gasteiger partial charge in [-0.05, 0) is 6.42 Å². The van der Waals surface area contributed by atoms with Crippen LogP contribution in [-0.2, 0) is 0 Å². The highest BCUT2D eigenvalue weighted by Gasteiger charge is 2.26. The van der Waals surface area contributed by atoms with E-state index < -0.39 is 0 Å². The average Bonchev–Trinajstić information content (AvgIpc) is 2.30. The molecule has 0 radical (unpaired) electrons. The topological polar surface area (TPSA) is 39.5 Å². The molecule has 1 aromatic carbocycles. The number of hydrogen-bond donors (Lipinski definition) is 1. The molecule has 0 unspecified atom stereocenters. The second-order valence-electron chi connectivity index (χ2n) is 4.00. The lowest BCUT2D eigenvalue weighted by Gasteiger charge is -2.34. The maximum absolute atomic E-state index is 8.00. The van der Waals surface area contributed by atoms with Crippen molar-refractivity contribution in [3.63, 3.8) is 0 Å². The Balaban J connectivity index is 2.18. The molecular weight excluding hydrogens is 186 g/mol. The number of benzene rings is 1. The molecule has 0 bridgehead atoms. The van der Waals surface area contributed by atoms with Crippen LogP contribution in [0.3, 0.4) is 0 Å². The minimum absolute atomic E-state index is 0.714. The van der Waals surface area contributed by atoms with Crippen LogP contribution < -0.4 is 0 Å². The quantitative estimate of drug-likeness (QED) is 0.676. The second-order valence-corrected chi connectivity index (χ2v) is 4.00. The fourth-order valence-electron chi connectivity index (χ4n) is 2.28. The zero-order valence-electron chi connectivity index (χ0n) is 8.53. The minimum Gasteiger partial charge on any atom is -0.350 e. The van der Waals surface area contributed by atoms with Crippen LogP contribution in [0.5, 0.6) is 0 Å². The molecule has 0 aromatic heterocycles. The van der Waals surface area contributed by atoms with Crippen molar-refractivity contribution in [2.45, 2.75) is 6.42 Å². The largest absolute Gasteiger partial charge is 0.350 e. The first-order chi connectivity index (χ1) is 7.36. The van der Waals surface area contributed by atoms with Gasteiger partial charge in [0.15, 0.2) is 0 Å². The van der Waals surface area contributed by atoms with Crippen molar-refractivity contribution < 1.29 is 0 Å². The zero-order chi connectivity index (χ0) is 10.3. The first-order valence-electron chi connectivity index (χ1n) is 5.33. The van der Waals surface area contributed by atoms with Gasteiger partial charge in [0.1, 0.15) is 5.84 Å². The number of hydrogen-bond acceptors (Lipinski definition) is 3. The summed E-state index contributed by atoms with van der Waals surface area (Å²) < 4.78 is 0. The van der Waals surface area contributed by atoms with Gasteiger partial charge in [-0.2, -0.15) is 0 Å². The van der Waals surface area contributed by atoms with E-state index >= 15 is 0 Å². The average molecular weight is 199 g/mol. The molecule has 3 rings (SSSR count). The molecule has 2 aliphatic heterocycles. The summed E-state index contributed by atoms with van der Waals surface area (Å²) in [6.07, 6.45) is 1.11. The molecule has 3 nitrogen and oxygen atoms in total. The molecule has 0 fully saturated rings. The van der Waals surface area contributed by atoms with E-state index in [0.717, 1.165) is 43.0 Å². The molecule has 0 spiro atoms. The Morgan fingerprint density at radius 2 is 2.00 bits per heavy atom. The van der Waals surface area contributed by atoms with Gasteiger partial charge in [-0.1, -0.05) is 24.3 Å². The summed E-state index contributed by atoms with van der Waals surface area (Å²) in [6.45, 7) is 2.68. The van der Waals surface area contributed by atoms with Crippen molar-refractivity contribution in [1.29, 1.82) is 5.41 Å². The lowest BCUT2D eigenvalue weighted by molar-refractivity contribution is 0.437. The van der Waals surface area contributed by atoms with Crippen molar-refractivity contribution in [1.82, 2.24) is 4.90 Å². The molecule has 0 saturated heterocycles. The maximum Gasteiger partial charge on any atom is 0.131 e. The van der Waals surface area contributed by atoms with E-state index in [0.29, 0.717) is 5.71 Å². The number of aliphatic imine (C=N–C) groups is 1. The van der Waals surface area contributed by atoms with Crippen LogP contribution in [0.2, 0.25) is 0 Å². The highest BCUT2D eigenvalue weighted by molar-refractivity contribution is 6.16. The molecule has 3 heteroatoms. The van der Waals surface area contributed by atoms with E-state index in [2.05, 4.69) is 16.0 Å². The van der Waals surface area contributed by atoms with Crippen LogP contribution in [0.15, 0.2) is 29.3 Å². The van der Waals surface area contributed by atoms with Crippen LogP contribution >= 0.6 is 0 Å². The standard InChI is InChI=1S/C12H13N3/c13-11-8-15-7-3-6-14-12(15)10-5-2-1-4-9(10)11/h1-2,4-5,13H,3,6-8H2. The summed E-state index contributed by atoms with van der Waals surface area (Å²) in [7, 11) is 0. The van der Waals surface area contributed by atoms with E-state index in [9.17, 15) is 0 Å². The first kappa shape index (κ1) is 8.65. The smallest absolute Gasteiger partial charge is 0.131 e. The third kappa shape index (κ3) is 1.27. The highest BCUT2D eigenvalue weighted by Crippen LogP contribution is 2.21. The number of fused-ring (bicyclic) bond motifs is 3. The molecule has 1 N–H and O–H groups in total. The first-order valence-corrected chi connectivity index (χ1v) is 5.33. The van der Waals surface area contributed by atoms with E-state index in [4.69, 9.17) is 5.41 Å². The van der Waals surface area contributed by atoms with Gasteiger partial charge >= 0.3 is 0 Å². The third-order valence-electron chi connectivity index (χ3n) is 2.99. The Morgan fingerprint density at radius 3 is 2.87 bits per heavy atom. The van der Waals surface area contributed by atoms with Crippen LogP contribution in [0.4, 0.5) is 0 Å². The van der Waals surface area contributed by atoms with Crippen LogP contribution in [0.1, 0.15) is 17.5 Å². The van der Waals surface area contributed by atoms with Gasteiger partial charge < -0.3 is 10.3 Å². The summed E-state index contributed by atoms with van der Waals surface area (Å²) >= 11 is 0. The maximum atomic E-state index is 8.00. The molecule has 15 heavy (non-hydrogen) atoms. The predicted molar refractivity (Wildman–Crippen MR) is 60.9 cm³/mol. The summed E-state index contributed by atoms with van der Waals surface area (Å²) in [6, 6.07) is 8.10. The fraction of sp³-hybridized carbons (Fsp3) is 0.333. The molecule has 1 aromatic rings. The monoisotopic (exact) mass is 199 g/mol. The number of nitrogens with one attached hydrogen (secondary N) is 1. The summed E-state index contributed by atoms with van der Waals surface area (Å²) in [5.74, 6) is 1.09. The van der Waals surface area contributed by atoms with Gasteiger partial charge in [-0.15, -0.1) is 0 Å². The van der Waals surface area contributed by atoms with Gasteiger partial charge in [0, 0.05) is 24.2 Å². The Bertz CT molecular complexity index is 448. The molecule has 2 heterocycles. The number of rotatable bonds is 0. The Morgan fingerprint density at radius 1 is 1.20 bits per heavy atom. The van der Waals surface area contributed by atoms with Gasteiger partial charge in [-0.3, -0.25) is 4.99 Å². The van der Waals surface area contributed by atoms with Crippen molar-refractivity contribution >= 4 is 11.5 Å². The molecule has 0 aliphatic carbocycles. The molecular formula is C12H13N3. The molecule has 0 atom stereocenters. The fourth-order valence-corrected chi connectivity index (χ4v) is 2.28. The van der Waals surface area contributed by atoms with E-state index in [1.165, 1.54) is 0 Å². The lowest BCUT2D eigenvalue weighted by Crippen LogP contribution is -2.44. The third-order valence-corrected chi connectivity index (χ3v) is 2.99. The SMILES string of the molecule is N=C1CN2CCCN=C2c2ccccc21. The Kier molecular flexibility index (Phi) is 1.84. The minimum atomic E-state index is 0.714. The molecule has 0 saturated carbocycles. The lowest BCUT2D eigenvalue weighted by atomic mass is 9.96. The highest BCUT2D eigenvalue weighted by atomic mass is 15.2. The second kappa shape index (κ2) is 3.19. The molecule has 76 valence electrons. The van der Waals surface area contributed by atoms with Crippen LogP contribution in [0, 0.1) is 5.41 Å². The van der Waals surface area contributed by atoms with Crippen LogP contribution in [0.25, 0.3) is 0 Å². The van der Waals surface area contributed by atoms with Gasteiger partial charge in [-0.25, -0.2) is 0 Å². The van der Waals surface area contributed by atoms with Gasteiger partial charge in [0.2, 0.25) is 0 Å². The molecule has 0 amide bonds. The van der Waals surface area contributed by atoms with Crippen molar-refractivity contribution in [3.8, 4) is 0 Å². The van der Waals surface area contributed by atoms with E-state index in [-0.39, 0.29) is 0 Å². The number of amidine groups is 1. The Labute approximate surface area is 88.9 Å².